The molecule has 11 heteroatoms. The van der Waals surface area contributed by atoms with E-state index in [9.17, 15) is 4.79 Å². The second-order valence-electron chi connectivity index (χ2n) is 7.20. The quantitative estimate of drug-likeness (QED) is 0.609. The van der Waals surface area contributed by atoms with Crippen LogP contribution in [0.3, 0.4) is 0 Å². The Labute approximate surface area is 180 Å². The molecule has 11 nitrogen and oxygen atoms in total. The first kappa shape index (κ1) is 20.7. The van der Waals surface area contributed by atoms with Crippen LogP contribution in [0.5, 0.6) is 0 Å². The highest BCUT2D eigenvalue weighted by molar-refractivity contribution is 5.87. The van der Waals surface area contributed by atoms with Gasteiger partial charge in [0.15, 0.2) is 5.82 Å². The van der Waals surface area contributed by atoms with Crippen molar-refractivity contribution >= 4 is 17.7 Å². The molecule has 0 radical (unpaired) electrons. The molecule has 4 heterocycles. The molecule has 162 valence electrons. The number of rotatable bonds is 6. The lowest BCUT2D eigenvalue weighted by Gasteiger charge is -2.36. The summed E-state index contributed by atoms with van der Waals surface area (Å²) >= 11 is 0. The van der Waals surface area contributed by atoms with Gasteiger partial charge in [-0.1, -0.05) is 0 Å². The van der Waals surface area contributed by atoms with Crippen LogP contribution in [0, 0.1) is 6.92 Å². The molecule has 0 atom stereocenters. The van der Waals surface area contributed by atoms with Gasteiger partial charge in [-0.25, -0.2) is 24.4 Å². The van der Waals surface area contributed by atoms with Crippen LogP contribution in [0.1, 0.15) is 18.4 Å². The fourth-order valence-corrected chi connectivity index (χ4v) is 3.53. The van der Waals surface area contributed by atoms with E-state index >= 15 is 0 Å². The summed E-state index contributed by atoms with van der Waals surface area (Å²) in [6.07, 6.45) is 5.06. The van der Waals surface area contributed by atoms with Crippen LogP contribution in [0.15, 0.2) is 36.9 Å². The molecule has 1 saturated heterocycles. The van der Waals surface area contributed by atoms with Crippen molar-refractivity contribution in [2.45, 2.75) is 20.4 Å². The lowest BCUT2D eigenvalue weighted by Crippen LogP contribution is -2.46. The number of nitrogens with one attached hydrogen (secondary N) is 2. The Morgan fingerprint density at radius 2 is 1.97 bits per heavy atom. The van der Waals surface area contributed by atoms with Crippen molar-refractivity contribution in [2.75, 3.05) is 42.9 Å². The van der Waals surface area contributed by atoms with Crippen molar-refractivity contribution < 1.29 is 4.79 Å². The number of aromatic nitrogens is 6. The molecular weight excluding hydrogens is 396 g/mol. The number of aryl methyl sites for hydroxylation is 1. The third-order valence-corrected chi connectivity index (χ3v) is 5.04. The normalized spacial score (nSPS) is 14.5. The zero-order chi connectivity index (χ0) is 21.6. The van der Waals surface area contributed by atoms with Crippen LogP contribution in [-0.4, -0.2) is 73.4 Å². The number of hydrogen-bond acceptors (Lipinski definition) is 8. The van der Waals surface area contributed by atoms with Crippen LogP contribution in [0.4, 0.5) is 16.4 Å². The predicted octanol–water partition coefficient (Wildman–Crippen LogP) is 1.22. The molecule has 0 saturated carbocycles. The zero-order valence-electron chi connectivity index (χ0n) is 17.7. The summed E-state index contributed by atoms with van der Waals surface area (Å²) in [6.45, 7) is 8.56. The van der Waals surface area contributed by atoms with E-state index < -0.39 is 0 Å². The lowest BCUT2D eigenvalue weighted by atomic mass is 10.2. The molecule has 0 spiro atoms. The second-order valence-corrected chi connectivity index (χ2v) is 7.20. The van der Waals surface area contributed by atoms with Crippen molar-refractivity contribution in [3.05, 3.63) is 48.4 Å². The number of anilines is 2. The molecule has 1 fully saturated rings. The third-order valence-electron chi connectivity index (χ3n) is 5.04. The van der Waals surface area contributed by atoms with E-state index in [1.165, 1.54) is 6.33 Å². The molecule has 1 aliphatic rings. The van der Waals surface area contributed by atoms with Gasteiger partial charge in [0.25, 0.3) is 0 Å². The predicted molar refractivity (Wildman–Crippen MR) is 116 cm³/mol. The molecule has 31 heavy (non-hydrogen) atoms. The average molecular weight is 422 g/mol. The minimum absolute atomic E-state index is 0.258. The van der Waals surface area contributed by atoms with Crippen molar-refractivity contribution in [2.24, 2.45) is 0 Å². The largest absolute Gasteiger partial charge is 0.368 e. The Balaban J connectivity index is 1.33. The molecule has 3 aromatic heterocycles. The number of pyridine rings is 1. The topological polar surface area (TPSA) is 117 Å². The maximum atomic E-state index is 11.7. The summed E-state index contributed by atoms with van der Waals surface area (Å²) in [6, 6.07) is 5.67. The minimum atomic E-state index is -0.323. The van der Waals surface area contributed by atoms with Gasteiger partial charge < -0.3 is 10.2 Å². The van der Waals surface area contributed by atoms with Crippen molar-refractivity contribution in [3.63, 3.8) is 0 Å². The highest BCUT2D eigenvalue weighted by atomic mass is 16.2. The monoisotopic (exact) mass is 422 g/mol. The van der Waals surface area contributed by atoms with Gasteiger partial charge in [-0.3, -0.25) is 10.2 Å². The number of urea groups is 1. The van der Waals surface area contributed by atoms with E-state index in [0.717, 1.165) is 43.4 Å². The maximum absolute atomic E-state index is 11.7. The molecule has 2 amide bonds. The molecule has 0 bridgehead atoms. The van der Waals surface area contributed by atoms with E-state index in [1.807, 2.05) is 32.2 Å². The van der Waals surface area contributed by atoms with E-state index in [1.54, 1.807) is 10.9 Å². The fourth-order valence-electron chi connectivity index (χ4n) is 3.53. The molecule has 0 aliphatic carbocycles. The summed E-state index contributed by atoms with van der Waals surface area (Å²) in [4.78, 5) is 33.6. The van der Waals surface area contributed by atoms with E-state index in [0.29, 0.717) is 18.9 Å². The summed E-state index contributed by atoms with van der Waals surface area (Å²) < 4.78 is 1.76. The molecule has 2 N–H and O–H groups in total. The lowest BCUT2D eigenvalue weighted by molar-refractivity contribution is 0.243. The second kappa shape index (κ2) is 9.47. The van der Waals surface area contributed by atoms with Crippen LogP contribution in [-0.2, 0) is 6.54 Å². The summed E-state index contributed by atoms with van der Waals surface area (Å²) in [5, 5.41) is 9.51. The van der Waals surface area contributed by atoms with E-state index in [4.69, 9.17) is 4.98 Å². The van der Waals surface area contributed by atoms with Gasteiger partial charge in [0, 0.05) is 45.1 Å². The summed E-state index contributed by atoms with van der Waals surface area (Å²) in [5.74, 6) is 1.71. The standard InChI is InChI=1S/C20H26N10O/c1-3-21-20(31)27-19-23-14-22-17(26-19)13-28-9-11-29(12-10-28)16-5-6-18(25-15(16)2)30-8-4-7-24-30/h4-8,14H,3,9-13H2,1-2H3,(H2,21,22,23,26,27,31). The number of carbonyl (C=O) groups excluding carboxylic acids is 1. The third kappa shape index (κ3) is 5.12. The summed E-state index contributed by atoms with van der Waals surface area (Å²) in [7, 11) is 0. The van der Waals surface area contributed by atoms with E-state index in [2.05, 4.69) is 46.6 Å². The fraction of sp³-hybridized carbons (Fsp3) is 0.400. The van der Waals surface area contributed by atoms with Crippen molar-refractivity contribution in [3.8, 4) is 5.82 Å². The van der Waals surface area contributed by atoms with Gasteiger partial charge in [0.2, 0.25) is 5.95 Å². The first-order valence-corrected chi connectivity index (χ1v) is 10.3. The number of nitrogens with zero attached hydrogens (tertiary/aromatic N) is 8. The molecule has 0 aromatic carbocycles. The van der Waals surface area contributed by atoms with Crippen LogP contribution in [0.2, 0.25) is 0 Å². The van der Waals surface area contributed by atoms with Gasteiger partial charge in [0.1, 0.15) is 12.2 Å². The minimum Gasteiger partial charge on any atom is -0.368 e. The average Bonchev–Trinajstić information content (AvgIpc) is 3.30. The first-order valence-electron chi connectivity index (χ1n) is 10.3. The van der Waals surface area contributed by atoms with E-state index in [-0.39, 0.29) is 12.0 Å². The smallest absolute Gasteiger partial charge is 0.321 e. The Morgan fingerprint density at radius 3 is 2.68 bits per heavy atom. The Kier molecular flexibility index (Phi) is 6.32. The number of carbonyl (C=O) groups is 1. The van der Waals surface area contributed by atoms with Crippen LogP contribution >= 0.6 is 0 Å². The molecule has 4 rings (SSSR count). The Hall–Kier alpha value is -3.60. The zero-order valence-corrected chi connectivity index (χ0v) is 17.7. The van der Waals surface area contributed by atoms with Crippen LogP contribution in [0.25, 0.3) is 5.82 Å². The molecular formula is C20H26N10O. The van der Waals surface area contributed by atoms with Crippen molar-refractivity contribution in [1.82, 2.24) is 39.9 Å². The number of hydrogen-bond donors (Lipinski definition) is 2. The molecule has 0 unspecified atom stereocenters. The Morgan fingerprint density at radius 1 is 1.13 bits per heavy atom. The molecule has 3 aromatic rings. The van der Waals surface area contributed by atoms with Crippen LogP contribution < -0.4 is 15.5 Å². The highest BCUT2D eigenvalue weighted by Crippen LogP contribution is 2.21. The maximum Gasteiger partial charge on any atom is 0.321 e. The summed E-state index contributed by atoms with van der Waals surface area (Å²) in [5.41, 5.74) is 2.13. The molecule has 1 aliphatic heterocycles. The Bertz CT molecular complexity index is 1010. The van der Waals surface area contributed by atoms with Gasteiger partial charge in [0.05, 0.1) is 17.9 Å². The number of amides is 2. The van der Waals surface area contributed by atoms with Gasteiger partial charge in [-0.15, -0.1) is 0 Å². The van der Waals surface area contributed by atoms with Gasteiger partial charge in [-0.2, -0.15) is 10.1 Å². The number of piperazine rings is 1. The van der Waals surface area contributed by atoms with Gasteiger partial charge >= 0.3 is 6.03 Å². The highest BCUT2D eigenvalue weighted by Gasteiger charge is 2.20. The first-order chi connectivity index (χ1) is 15.1. The van der Waals surface area contributed by atoms with Crippen molar-refractivity contribution in [1.29, 1.82) is 0 Å². The SMILES string of the molecule is CCNC(=O)Nc1ncnc(CN2CCN(c3ccc(-n4cccn4)nc3C)CC2)n1. The van der Waals surface area contributed by atoms with Gasteiger partial charge in [-0.05, 0) is 32.0 Å².